The summed E-state index contributed by atoms with van der Waals surface area (Å²) in [6.07, 6.45) is 6.09. The van der Waals surface area contributed by atoms with Crippen LogP contribution in [0.1, 0.15) is 24.0 Å². The number of hydrogen-bond acceptors (Lipinski definition) is 6. The highest BCUT2D eigenvalue weighted by molar-refractivity contribution is 8.00. The van der Waals surface area contributed by atoms with E-state index in [0.29, 0.717) is 0 Å². The number of benzene rings is 4. The molecule has 2 aliphatic heterocycles. The predicted molar refractivity (Wildman–Crippen MR) is 226 cm³/mol. The quantitative estimate of drug-likeness (QED) is 0.109. The maximum Gasteiger partial charge on any atom is 0.104 e. The van der Waals surface area contributed by atoms with Crippen molar-refractivity contribution in [1.82, 2.24) is 9.97 Å². The van der Waals surface area contributed by atoms with Gasteiger partial charge in [0.15, 0.2) is 0 Å². The van der Waals surface area contributed by atoms with Crippen LogP contribution in [0.15, 0.2) is 153 Å². The maximum absolute atomic E-state index is 4.79. The van der Waals surface area contributed by atoms with Gasteiger partial charge in [0, 0.05) is 69.0 Å². The molecule has 2 aromatic heterocycles. The van der Waals surface area contributed by atoms with Crippen molar-refractivity contribution in [1.29, 1.82) is 0 Å². The number of fused-ring (bicyclic) bond motifs is 4. The molecule has 0 atom stereocenters. The Kier molecular flexibility index (Phi) is 10.5. The number of para-hydroxylation sites is 4. The molecule has 4 heterocycles. The first-order chi connectivity index (χ1) is 26.2. The zero-order valence-electron chi connectivity index (χ0n) is 31.9. The summed E-state index contributed by atoms with van der Waals surface area (Å²) in [7, 11) is 9.37. The standard InChI is InChI=1S/C46H50N6S2/c1-51(2,29-13-27-49-39-15-5-9-19-43(39)53-44-20-10-6-16-40(44)49)33-35-23-25-47-37(31-35)38-32-36(24-26-48-38)34-52(3,4)30-14-28-50-41-17-7-11-21-45(41)54-46-22-12-8-18-42(46)50/h5-12,15-26,31-32H,13-14,27-30,33-34H2,1-4H3/q+2. The van der Waals surface area contributed by atoms with Crippen LogP contribution in [-0.4, -0.2) is 73.3 Å². The number of quaternary nitrogens is 2. The van der Waals surface area contributed by atoms with Crippen molar-refractivity contribution in [3.63, 3.8) is 0 Å². The lowest BCUT2D eigenvalue weighted by Gasteiger charge is -2.35. The third-order valence-corrected chi connectivity index (χ3v) is 12.7. The van der Waals surface area contributed by atoms with Crippen LogP contribution in [0.3, 0.4) is 0 Å². The molecule has 0 N–H and O–H groups in total. The fraction of sp³-hybridized carbons (Fsp3) is 0.261. The van der Waals surface area contributed by atoms with Crippen molar-refractivity contribution in [2.75, 3.05) is 64.2 Å². The van der Waals surface area contributed by atoms with E-state index in [9.17, 15) is 0 Å². The summed E-state index contributed by atoms with van der Waals surface area (Å²) in [6.45, 7) is 6.00. The lowest BCUT2D eigenvalue weighted by Crippen LogP contribution is -2.41. The van der Waals surface area contributed by atoms with Crippen molar-refractivity contribution >= 4 is 46.3 Å². The zero-order chi connectivity index (χ0) is 37.1. The largest absolute Gasteiger partial charge is 0.339 e. The second kappa shape index (κ2) is 15.6. The van der Waals surface area contributed by atoms with Crippen LogP contribution in [0.2, 0.25) is 0 Å². The van der Waals surface area contributed by atoms with Crippen molar-refractivity contribution in [3.8, 4) is 11.4 Å². The Labute approximate surface area is 329 Å². The van der Waals surface area contributed by atoms with E-state index in [0.717, 1.165) is 72.5 Å². The summed E-state index contributed by atoms with van der Waals surface area (Å²) in [4.78, 5) is 19.9. The molecule has 0 fully saturated rings. The van der Waals surface area contributed by atoms with Crippen LogP contribution in [0.4, 0.5) is 22.7 Å². The maximum atomic E-state index is 4.79. The summed E-state index contributed by atoms with van der Waals surface area (Å²) in [5.41, 5.74) is 9.73. The van der Waals surface area contributed by atoms with Crippen LogP contribution in [0, 0.1) is 0 Å². The third kappa shape index (κ3) is 8.22. The van der Waals surface area contributed by atoms with Gasteiger partial charge in [-0.15, -0.1) is 0 Å². The first-order valence-electron chi connectivity index (χ1n) is 19.0. The molecule has 274 valence electrons. The Morgan fingerprint density at radius 3 is 1.15 bits per heavy atom. The fourth-order valence-electron chi connectivity index (χ4n) is 7.93. The zero-order valence-corrected chi connectivity index (χ0v) is 33.5. The first kappa shape index (κ1) is 36.4. The Balaban J connectivity index is 0.883. The van der Waals surface area contributed by atoms with Gasteiger partial charge in [-0.2, -0.15) is 0 Å². The molecule has 0 bridgehead atoms. The molecule has 8 rings (SSSR count). The van der Waals surface area contributed by atoms with Crippen LogP contribution in [-0.2, 0) is 13.1 Å². The lowest BCUT2D eigenvalue weighted by molar-refractivity contribution is -0.903. The van der Waals surface area contributed by atoms with Crippen LogP contribution < -0.4 is 9.80 Å². The molecule has 0 radical (unpaired) electrons. The topological polar surface area (TPSA) is 32.3 Å². The van der Waals surface area contributed by atoms with Gasteiger partial charge in [-0.3, -0.25) is 9.97 Å². The molecule has 0 spiro atoms. The summed E-state index contributed by atoms with van der Waals surface area (Å²) in [6, 6.07) is 44.0. The minimum absolute atomic E-state index is 0.905. The molecule has 0 amide bonds. The molecule has 0 unspecified atom stereocenters. The summed E-state index contributed by atoms with van der Waals surface area (Å²) < 4.78 is 1.81. The molecule has 8 heteroatoms. The smallest absolute Gasteiger partial charge is 0.104 e. The second-order valence-electron chi connectivity index (χ2n) is 15.8. The normalized spacial score (nSPS) is 13.6. The van der Waals surface area contributed by atoms with E-state index in [1.54, 1.807) is 0 Å². The molecule has 4 aromatic carbocycles. The Morgan fingerprint density at radius 1 is 0.463 bits per heavy atom. The van der Waals surface area contributed by atoms with Gasteiger partial charge in [-0.05, 0) is 72.8 Å². The summed E-state index contributed by atoms with van der Waals surface area (Å²) >= 11 is 3.75. The molecule has 2 aliphatic rings. The molecular formula is C46H50N6S2+2. The number of rotatable bonds is 13. The van der Waals surface area contributed by atoms with Crippen LogP contribution >= 0.6 is 23.5 Å². The summed E-state index contributed by atoms with van der Waals surface area (Å²) in [5.74, 6) is 0. The van der Waals surface area contributed by atoms with Gasteiger partial charge in [0.25, 0.3) is 0 Å². The molecule has 0 saturated heterocycles. The number of aromatic nitrogens is 2. The third-order valence-electron chi connectivity index (χ3n) is 10.5. The Hall–Kier alpha value is -4.60. The monoisotopic (exact) mass is 750 g/mol. The Bertz CT molecular complexity index is 2000. The predicted octanol–water partition coefficient (Wildman–Crippen LogP) is 10.7. The molecule has 6 nitrogen and oxygen atoms in total. The highest BCUT2D eigenvalue weighted by Gasteiger charge is 2.26. The van der Waals surface area contributed by atoms with E-state index < -0.39 is 0 Å². The number of hydrogen-bond donors (Lipinski definition) is 0. The first-order valence-corrected chi connectivity index (χ1v) is 20.7. The van der Waals surface area contributed by atoms with Gasteiger partial charge in [0.1, 0.15) is 13.1 Å². The molecule has 0 saturated carbocycles. The van der Waals surface area contributed by atoms with Gasteiger partial charge >= 0.3 is 0 Å². The lowest BCUT2D eigenvalue weighted by atomic mass is 10.1. The van der Waals surface area contributed by atoms with Crippen molar-refractivity contribution in [2.24, 2.45) is 0 Å². The van der Waals surface area contributed by atoms with Gasteiger partial charge in [-0.1, -0.05) is 72.1 Å². The van der Waals surface area contributed by atoms with Crippen LogP contribution in [0.5, 0.6) is 0 Å². The summed E-state index contributed by atoms with van der Waals surface area (Å²) in [5, 5.41) is 0. The van der Waals surface area contributed by atoms with Gasteiger partial charge < -0.3 is 18.8 Å². The van der Waals surface area contributed by atoms with E-state index in [2.05, 4.69) is 159 Å². The molecule has 0 aliphatic carbocycles. The second-order valence-corrected chi connectivity index (χ2v) is 18.0. The number of pyridine rings is 2. The van der Waals surface area contributed by atoms with Gasteiger partial charge in [-0.25, -0.2) is 0 Å². The highest BCUT2D eigenvalue weighted by atomic mass is 32.2. The SMILES string of the molecule is C[N+](C)(CCCN1c2ccccc2Sc2ccccc21)Cc1ccnc(-c2cc(C[N+](C)(C)CCCN3c4ccccc4Sc4ccccc43)ccn2)c1. The number of anilines is 4. The van der Waals surface area contributed by atoms with Gasteiger partial charge in [0.2, 0.25) is 0 Å². The average Bonchev–Trinajstić information content (AvgIpc) is 3.17. The van der Waals surface area contributed by atoms with Crippen molar-refractivity contribution < 1.29 is 8.97 Å². The Morgan fingerprint density at radius 2 is 0.796 bits per heavy atom. The highest BCUT2D eigenvalue weighted by Crippen LogP contribution is 2.49. The fourth-order valence-corrected chi connectivity index (χ4v) is 10.1. The average molecular weight is 751 g/mol. The van der Waals surface area contributed by atoms with Crippen molar-refractivity contribution in [3.05, 3.63) is 145 Å². The van der Waals surface area contributed by atoms with Gasteiger partial charge in [0.05, 0.1) is 75.4 Å². The minimum atomic E-state index is 0.905. The van der Waals surface area contributed by atoms with E-state index in [4.69, 9.17) is 9.97 Å². The van der Waals surface area contributed by atoms with E-state index in [-0.39, 0.29) is 0 Å². The van der Waals surface area contributed by atoms with Crippen molar-refractivity contribution in [2.45, 2.75) is 45.5 Å². The number of nitrogens with zero attached hydrogens (tertiary/aromatic N) is 6. The van der Waals surface area contributed by atoms with E-state index in [1.807, 2.05) is 35.9 Å². The minimum Gasteiger partial charge on any atom is -0.339 e. The van der Waals surface area contributed by atoms with E-state index in [1.165, 1.54) is 53.5 Å². The van der Waals surface area contributed by atoms with Crippen LogP contribution in [0.25, 0.3) is 11.4 Å². The molecule has 54 heavy (non-hydrogen) atoms. The molecule has 6 aromatic rings. The molecular weight excluding hydrogens is 701 g/mol. The van der Waals surface area contributed by atoms with E-state index >= 15 is 0 Å².